The summed E-state index contributed by atoms with van der Waals surface area (Å²) in [5.74, 6) is 0.709. The number of allylic oxidation sites excluding steroid dienone is 1. The monoisotopic (exact) mass is 355 g/mol. The number of pyridine rings is 1. The number of sulfone groups is 1. The summed E-state index contributed by atoms with van der Waals surface area (Å²) < 4.78 is 30.7. The van der Waals surface area contributed by atoms with E-state index >= 15 is 0 Å². The van der Waals surface area contributed by atoms with E-state index in [0.717, 1.165) is 36.0 Å². The second kappa shape index (κ2) is 6.64. The summed E-state index contributed by atoms with van der Waals surface area (Å²) in [6, 6.07) is 12.0. The second-order valence-electron chi connectivity index (χ2n) is 6.76. The van der Waals surface area contributed by atoms with Crippen molar-refractivity contribution in [1.82, 2.24) is 4.98 Å². The molecular weight excluding hydrogens is 334 g/mol. The van der Waals surface area contributed by atoms with Gasteiger partial charge < -0.3 is 4.74 Å². The van der Waals surface area contributed by atoms with Crippen LogP contribution in [0.3, 0.4) is 0 Å². The zero-order valence-corrected chi connectivity index (χ0v) is 14.8. The summed E-state index contributed by atoms with van der Waals surface area (Å²) in [4.78, 5) is 4.29. The van der Waals surface area contributed by atoms with Gasteiger partial charge in [0.1, 0.15) is 12.4 Å². The van der Waals surface area contributed by atoms with Crippen LogP contribution >= 0.6 is 0 Å². The van der Waals surface area contributed by atoms with Crippen LogP contribution in [-0.2, 0) is 16.4 Å². The molecule has 25 heavy (non-hydrogen) atoms. The Morgan fingerprint density at radius 1 is 1.12 bits per heavy atom. The van der Waals surface area contributed by atoms with Gasteiger partial charge in [-0.05, 0) is 42.0 Å². The minimum atomic E-state index is -2.99. The molecule has 1 fully saturated rings. The Morgan fingerprint density at radius 2 is 1.96 bits per heavy atom. The molecule has 130 valence electrons. The van der Waals surface area contributed by atoms with Crippen molar-refractivity contribution in [1.29, 1.82) is 0 Å². The quantitative estimate of drug-likeness (QED) is 0.837. The van der Waals surface area contributed by atoms with Crippen molar-refractivity contribution >= 4 is 15.4 Å². The van der Waals surface area contributed by atoms with E-state index in [2.05, 4.69) is 4.98 Å². The highest BCUT2D eigenvalue weighted by atomic mass is 32.2. The molecule has 2 aliphatic heterocycles. The van der Waals surface area contributed by atoms with Gasteiger partial charge in [0, 0.05) is 6.20 Å². The average molecular weight is 355 g/mol. The first kappa shape index (κ1) is 16.3. The Bertz CT molecular complexity index is 890. The molecule has 2 aliphatic rings. The fourth-order valence-electron chi connectivity index (χ4n) is 3.68. The van der Waals surface area contributed by atoms with Gasteiger partial charge in [-0.1, -0.05) is 42.8 Å². The summed E-state index contributed by atoms with van der Waals surface area (Å²) in [5.41, 5.74) is 3.16. The summed E-state index contributed by atoms with van der Waals surface area (Å²) in [5, 5.41) is -0.566. The molecule has 4 rings (SSSR count). The topological polar surface area (TPSA) is 56.3 Å². The van der Waals surface area contributed by atoms with Gasteiger partial charge in [-0.3, -0.25) is 4.98 Å². The molecule has 4 nitrogen and oxygen atoms in total. The van der Waals surface area contributed by atoms with Crippen molar-refractivity contribution in [2.24, 2.45) is 0 Å². The Hall–Kier alpha value is -2.14. The maximum atomic E-state index is 12.4. The summed E-state index contributed by atoms with van der Waals surface area (Å²) in [7, 11) is -2.99. The van der Waals surface area contributed by atoms with Crippen LogP contribution in [0.25, 0.3) is 5.57 Å². The summed E-state index contributed by atoms with van der Waals surface area (Å²) in [6.45, 7) is 0.491. The molecule has 2 aromatic rings. The van der Waals surface area contributed by atoms with Crippen LogP contribution in [0.15, 0.2) is 54.9 Å². The van der Waals surface area contributed by atoms with Gasteiger partial charge in [-0.25, -0.2) is 8.42 Å². The van der Waals surface area contributed by atoms with Crippen LogP contribution in [0.4, 0.5) is 0 Å². The Balaban J connectivity index is 1.55. The van der Waals surface area contributed by atoms with E-state index in [0.29, 0.717) is 18.8 Å². The zero-order valence-electron chi connectivity index (χ0n) is 14.0. The number of fused-ring (bicyclic) bond motifs is 2. The lowest BCUT2D eigenvalue weighted by Crippen LogP contribution is -2.38. The maximum Gasteiger partial charge on any atom is 0.159 e. The number of nitrogens with zero attached hydrogens (tertiary/aromatic N) is 1. The third-order valence-corrected chi connectivity index (χ3v) is 7.62. The highest BCUT2D eigenvalue weighted by Gasteiger charge is 2.40. The zero-order chi connectivity index (χ0) is 17.3. The number of benzene rings is 1. The number of rotatable bonds is 4. The third-order valence-electron chi connectivity index (χ3n) is 5.07. The average Bonchev–Trinajstić information content (AvgIpc) is 2.60. The number of hydrogen-bond acceptors (Lipinski definition) is 4. The van der Waals surface area contributed by atoms with Crippen LogP contribution in [0, 0.1) is 0 Å². The largest absolute Gasteiger partial charge is 0.487 e. The van der Waals surface area contributed by atoms with Gasteiger partial charge >= 0.3 is 0 Å². The second-order valence-corrected chi connectivity index (χ2v) is 9.21. The van der Waals surface area contributed by atoms with E-state index < -0.39 is 9.84 Å². The Labute approximate surface area is 148 Å². The number of hydrogen-bond donors (Lipinski definition) is 0. The van der Waals surface area contributed by atoms with E-state index in [1.165, 1.54) is 0 Å². The standard InChI is InChI=1S/C20H21NO3S/c22-25(23)19-7-4-8-20(25)11-16(10-19)17-9-18(13-21-12-17)24-14-15-5-2-1-3-6-15/h1-3,5-6,9-10,12-13,19-20H,4,7-8,11,14H2. The predicted octanol–water partition coefficient (Wildman–Crippen LogP) is 3.78. The van der Waals surface area contributed by atoms with Gasteiger partial charge in [-0.15, -0.1) is 0 Å². The van der Waals surface area contributed by atoms with Crippen molar-refractivity contribution in [2.45, 2.75) is 42.8 Å². The molecule has 0 N–H and O–H groups in total. The van der Waals surface area contributed by atoms with Gasteiger partial charge in [-0.2, -0.15) is 0 Å². The van der Waals surface area contributed by atoms with Crippen molar-refractivity contribution in [2.75, 3.05) is 0 Å². The molecule has 2 atom stereocenters. The first-order valence-corrected chi connectivity index (χ1v) is 10.3. The molecule has 0 amide bonds. The summed E-state index contributed by atoms with van der Waals surface area (Å²) in [6.07, 6.45) is 8.53. The van der Waals surface area contributed by atoms with Crippen molar-refractivity contribution in [3.05, 3.63) is 66.0 Å². The van der Waals surface area contributed by atoms with Crippen molar-refractivity contribution in [3.8, 4) is 5.75 Å². The van der Waals surface area contributed by atoms with Crippen LogP contribution in [-0.4, -0.2) is 23.9 Å². The van der Waals surface area contributed by atoms with Crippen molar-refractivity contribution < 1.29 is 13.2 Å². The minimum absolute atomic E-state index is 0.236. The lowest BCUT2D eigenvalue weighted by atomic mass is 9.94. The molecule has 0 spiro atoms. The first-order valence-electron chi connectivity index (χ1n) is 8.68. The number of ether oxygens (including phenoxy) is 1. The molecule has 2 bridgehead atoms. The van der Waals surface area contributed by atoms with Gasteiger partial charge in [0.15, 0.2) is 9.84 Å². The molecule has 1 aromatic heterocycles. The highest BCUT2D eigenvalue weighted by molar-refractivity contribution is 7.93. The SMILES string of the molecule is O=S1(=O)C2C=C(c3cncc(OCc4ccccc4)c3)CC1CCC2. The van der Waals surface area contributed by atoms with Crippen LogP contribution < -0.4 is 4.74 Å². The van der Waals surface area contributed by atoms with Crippen LogP contribution in [0.1, 0.15) is 36.8 Å². The molecule has 5 heteroatoms. The van der Waals surface area contributed by atoms with Crippen LogP contribution in [0.5, 0.6) is 5.75 Å². The molecule has 0 radical (unpaired) electrons. The van der Waals surface area contributed by atoms with Crippen molar-refractivity contribution in [3.63, 3.8) is 0 Å². The molecule has 2 unspecified atom stereocenters. The van der Waals surface area contributed by atoms with E-state index in [-0.39, 0.29) is 10.5 Å². The van der Waals surface area contributed by atoms with Crippen LogP contribution in [0.2, 0.25) is 0 Å². The fourth-order valence-corrected chi connectivity index (χ4v) is 5.94. The van der Waals surface area contributed by atoms with Gasteiger partial charge in [0.05, 0.1) is 16.7 Å². The summed E-state index contributed by atoms with van der Waals surface area (Å²) >= 11 is 0. The minimum Gasteiger partial charge on any atom is -0.487 e. The normalized spacial score (nSPS) is 24.4. The first-order chi connectivity index (χ1) is 12.1. The van der Waals surface area contributed by atoms with E-state index in [1.54, 1.807) is 12.4 Å². The Kier molecular flexibility index (Phi) is 4.34. The molecule has 0 saturated carbocycles. The smallest absolute Gasteiger partial charge is 0.159 e. The predicted molar refractivity (Wildman–Crippen MR) is 98.0 cm³/mol. The fraction of sp³-hybridized carbons (Fsp3) is 0.350. The third kappa shape index (κ3) is 3.33. The van der Waals surface area contributed by atoms with Gasteiger partial charge in [0.25, 0.3) is 0 Å². The molecule has 3 heterocycles. The van der Waals surface area contributed by atoms with E-state index in [4.69, 9.17) is 4.74 Å². The molecule has 1 saturated heterocycles. The Morgan fingerprint density at radius 3 is 2.76 bits per heavy atom. The molecular formula is C20H21NO3S. The highest BCUT2D eigenvalue weighted by Crippen LogP contribution is 2.39. The lowest BCUT2D eigenvalue weighted by Gasteiger charge is -2.33. The maximum absolute atomic E-state index is 12.4. The molecule has 0 aliphatic carbocycles. The van der Waals surface area contributed by atoms with E-state index in [1.807, 2.05) is 42.5 Å². The number of aromatic nitrogens is 1. The lowest BCUT2D eigenvalue weighted by molar-refractivity contribution is 0.305. The van der Waals surface area contributed by atoms with Gasteiger partial charge in [0.2, 0.25) is 0 Å². The molecule has 1 aromatic carbocycles. The van der Waals surface area contributed by atoms with E-state index in [9.17, 15) is 8.42 Å².